The minimum absolute atomic E-state index is 0.233. The van der Waals surface area contributed by atoms with E-state index >= 15 is 0 Å². The van der Waals surface area contributed by atoms with Crippen molar-refractivity contribution in [2.75, 3.05) is 11.9 Å². The zero-order valence-electron chi connectivity index (χ0n) is 17.6. The van der Waals surface area contributed by atoms with E-state index in [9.17, 15) is 4.79 Å². The monoisotopic (exact) mass is 442 g/mol. The third-order valence-corrected chi connectivity index (χ3v) is 7.84. The Balaban J connectivity index is 1.53. The summed E-state index contributed by atoms with van der Waals surface area (Å²) in [6.07, 6.45) is 9.91. The molecule has 6 heteroatoms. The molecule has 2 aliphatic rings. The molecule has 0 saturated heterocycles. The lowest BCUT2D eigenvalue weighted by atomic mass is 9.65. The number of ether oxygens (including phenoxy) is 1. The molecular weight excluding hydrogens is 412 g/mol. The number of anilines is 1. The minimum atomic E-state index is -0.233. The van der Waals surface area contributed by atoms with E-state index in [-0.39, 0.29) is 5.97 Å². The van der Waals surface area contributed by atoms with Gasteiger partial charge in [-0.05, 0) is 67.8 Å². The maximum atomic E-state index is 12.8. The molecule has 1 heterocycles. The summed E-state index contributed by atoms with van der Waals surface area (Å²) in [6, 6.07) is 10.2. The third-order valence-electron chi connectivity index (χ3n) is 6.45. The Hall–Kier alpha value is -1.92. The molecule has 2 aromatic rings. The van der Waals surface area contributed by atoms with Crippen LogP contribution in [0.5, 0.6) is 0 Å². The van der Waals surface area contributed by atoms with E-state index in [1.165, 1.54) is 49.0 Å². The van der Waals surface area contributed by atoms with Crippen LogP contribution in [0.25, 0.3) is 0 Å². The van der Waals surface area contributed by atoms with E-state index in [0.717, 1.165) is 23.4 Å². The number of rotatable bonds is 5. The molecule has 0 radical (unpaired) electrons. The molecule has 0 unspecified atom stereocenters. The number of hydrogen-bond acceptors (Lipinski definition) is 4. The number of thiocarbonyl (C=S) groups is 1. The highest BCUT2D eigenvalue weighted by molar-refractivity contribution is 7.80. The number of benzene rings is 1. The summed E-state index contributed by atoms with van der Waals surface area (Å²) < 4.78 is 5.40. The Labute approximate surface area is 188 Å². The van der Waals surface area contributed by atoms with E-state index in [1.807, 2.05) is 25.1 Å². The number of thiophene rings is 1. The van der Waals surface area contributed by atoms with E-state index in [0.29, 0.717) is 29.2 Å². The molecule has 1 saturated carbocycles. The normalized spacial score (nSPS) is 17.2. The molecule has 0 aliphatic heterocycles. The highest BCUT2D eigenvalue weighted by Gasteiger charge is 2.39. The predicted octanol–water partition coefficient (Wildman–Crippen LogP) is 5.85. The van der Waals surface area contributed by atoms with Crippen molar-refractivity contribution in [2.24, 2.45) is 5.41 Å². The van der Waals surface area contributed by atoms with Crippen LogP contribution >= 0.6 is 23.6 Å². The summed E-state index contributed by atoms with van der Waals surface area (Å²) in [5, 5.41) is 7.93. The smallest absolute Gasteiger partial charge is 0.341 e. The van der Waals surface area contributed by atoms with Crippen LogP contribution in [-0.4, -0.2) is 17.7 Å². The molecule has 0 amide bonds. The van der Waals surface area contributed by atoms with Gasteiger partial charge in [0.1, 0.15) is 5.00 Å². The Morgan fingerprint density at radius 2 is 1.93 bits per heavy atom. The molecule has 1 spiro atoms. The van der Waals surface area contributed by atoms with Gasteiger partial charge in [0.05, 0.1) is 12.2 Å². The minimum Gasteiger partial charge on any atom is -0.462 e. The number of carbonyl (C=O) groups is 1. The van der Waals surface area contributed by atoms with Gasteiger partial charge in [-0.3, -0.25) is 0 Å². The number of carbonyl (C=O) groups excluding carboxylic acids is 1. The fourth-order valence-electron chi connectivity index (χ4n) is 4.90. The molecule has 4 rings (SSSR count). The second kappa shape index (κ2) is 9.48. The summed E-state index contributed by atoms with van der Waals surface area (Å²) in [7, 11) is 0. The summed E-state index contributed by atoms with van der Waals surface area (Å²) >= 11 is 7.23. The van der Waals surface area contributed by atoms with Crippen molar-refractivity contribution in [1.82, 2.24) is 5.32 Å². The quantitative estimate of drug-likeness (QED) is 0.449. The lowest BCUT2D eigenvalue weighted by Gasteiger charge is -2.40. The van der Waals surface area contributed by atoms with Crippen LogP contribution in [0.15, 0.2) is 30.3 Å². The average molecular weight is 443 g/mol. The first kappa shape index (κ1) is 21.3. The molecule has 1 aromatic carbocycles. The second-order valence-electron chi connectivity index (χ2n) is 8.46. The lowest BCUT2D eigenvalue weighted by Crippen LogP contribution is -2.31. The molecule has 160 valence electrons. The standard InChI is InChI=1S/C24H30N2O2S2/c1-2-28-22(27)20-18-11-14-24(12-7-4-8-13-24)15-19(18)30-21(20)26-23(29)25-16-17-9-5-3-6-10-17/h3,5-6,9-10H,2,4,7-8,11-16H2,1H3,(H2,25,26,29). The van der Waals surface area contributed by atoms with Crippen LogP contribution in [0, 0.1) is 5.41 Å². The molecule has 1 fully saturated rings. The number of hydrogen-bond donors (Lipinski definition) is 2. The summed E-state index contributed by atoms with van der Waals surface area (Å²) in [6.45, 7) is 2.88. The van der Waals surface area contributed by atoms with Crippen LogP contribution in [0.1, 0.15) is 71.8 Å². The number of fused-ring (bicyclic) bond motifs is 1. The number of esters is 1. The van der Waals surface area contributed by atoms with Crippen molar-refractivity contribution >= 4 is 39.6 Å². The van der Waals surface area contributed by atoms with Gasteiger partial charge in [0.25, 0.3) is 0 Å². The Bertz CT molecular complexity index is 901. The highest BCUT2D eigenvalue weighted by Crippen LogP contribution is 2.50. The van der Waals surface area contributed by atoms with Crippen LogP contribution in [-0.2, 0) is 24.1 Å². The first-order valence-corrected chi connectivity index (χ1v) is 12.2. The predicted molar refractivity (Wildman–Crippen MR) is 127 cm³/mol. The van der Waals surface area contributed by atoms with Crippen molar-refractivity contribution in [3.63, 3.8) is 0 Å². The highest BCUT2D eigenvalue weighted by atomic mass is 32.1. The van der Waals surface area contributed by atoms with Gasteiger partial charge < -0.3 is 15.4 Å². The average Bonchev–Trinajstić information content (AvgIpc) is 3.10. The first-order chi connectivity index (χ1) is 14.6. The van der Waals surface area contributed by atoms with Gasteiger partial charge in [-0.1, -0.05) is 49.6 Å². The Morgan fingerprint density at radius 3 is 2.67 bits per heavy atom. The van der Waals surface area contributed by atoms with Crippen LogP contribution in [0.4, 0.5) is 5.00 Å². The van der Waals surface area contributed by atoms with E-state index in [4.69, 9.17) is 17.0 Å². The molecule has 0 atom stereocenters. The second-order valence-corrected chi connectivity index (χ2v) is 9.97. The van der Waals surface area contributed by atoms with Crippen LogP contribution < -0.4 is 10.6 Å². The third kappa shape index (κ3) is 4.70. The van der Waals surface area contributed by atoms with Crippen molar-refractivity contribution < 1.29 is 9.53 Å². The van der Waals surface area contributed by atoms with Gasteiger partial charge in [0.15, 0.2) is 5.11 Å². The largest absolute Gasteiger partial charge is 0.462 e. The van der Waals surface area contributed by atoms with Gasteiger partial charge >= 0.3 is 5.97 Å². The fourth-order valence-corrected chi connectivity index (χ4v) is 6.55. The molecular formula is C24H30N2O2S2. The topological polar surface area (TPSA) is 50.4 Å². The van der Waals surface area contributed by atoms with Crippen molar-refractivity contribution in [3.8, 4) is 0 Å². The maximum absolute atomic E-state index is 12.8. The van der Waals surface area contributed by atoms with Crippen molar-refractivity contribution in [2.45, 2.75) is 64.8 Å². The van der Waals surface area contributed by atoms with Gasteiger partial charge in [0, 0.05) is 11.4 Å². The zero-order chi connectivity index (χ0) is 21.0. The molecule has 2 N–H and O–H groups in total. The molecule has 4 nitrogen and oxygen atoms in total. The number of nitrogens with one attached hydrogen (secondary N) is 2. The van der Waals surface area contributed by atoms with Gasteiger partial charge in [-0.15, -0.1) is 11.3 Å². The molecule has 0 bridgehead atoms. The van der Waals surface area contributed by atoms with E-state index in [1.54, 1.807) is 11.3 Å². The molecule has 30 heavy (non-hydrogen) atoms. The van der Waals surface area contributed by atoms with Gasteiger partial charge in [-0.25, -0.2) is 4.79 Å². The van der Waals surface area contributed by atoms with E-state index < -0.39 is 0 Å². The fraction of sp³-hybridized carbons (Fsp3) is 0.500. The Morgan fingerprint density at radius 1 is 1.17 bits per heavy atom. The molecule has 1 aromatic heterocycles. The summed E-state index contributed by atoms with van der Waals surface area (Å²) in [4.78, 5) is 14.2. The SMILES string of the molecule is CCOC(=O)c1c(NC(=S)NCc2ccccc2)sc2c1CCC1(CCCCC1)C2. The van der Waals surface area contributed by atoms with Crippen LogP contribution in [0.2, 0.25) is 0 Å². The molecule has 2 aliphatic carbocycles. The zero-order valence-corrected chi connectivity index (χ0v) is 19.2. The van der Waals surface area contributed by atoms with Gasteiger partial charge in [0.2, 0.25) is 0 Å². The van der Waals surface area contributed by atoms with E-state index in [2.05, 4.69) is 22.8 Å². The van der Waals surface area contributed by atoms with Crippen molar-refractivity contribution in [1.29, 1.82) is 0 Å². The summed E-state index contributed by atoms with van der Waals surface area (Å²) in [5.41, 5.74) is 3.48. The summed E-state index contributed by atoms with van der Waals surface area (Å²) in [5.74, 6) is -0.233. The maximum Gasteiger partial charge on any atom is 0.341 e. The van der Waals surface area contributed by atoms with Crippen molar-refractivity contribution in [3.05, 3.63) is 51.9 Å². The van der Waals surface area contributed by atoms with Crippen LogP contribution in [0.3, 0.4) is 0 Å². The first-order valence-electron chi connectivity index (χ1n) is 11.0. The lowest BCUT2D eigenvalue weighted by molar-refractivity contribution is 0.0525. The Kier molecular flexibility index (Phi) is 6.74. The van der Waals surface area contributed by atoms with Gasteiger partial charge in [-0.2, -0.15) is 0 Å².